The Balaban J connectivity index is 2.67. The first-order valence-corrected chi connectivity index (χ1v) is 3.76. The standard InChI is InChI=1S/C9H9F3O/c1-6-2-3-8(7(10)4-6)13-5-9(11)12/h2-4,9H,5H2,1H3. The molecule has 4 heteroatoms. The van der Waals surface area contributed by atoms with E-state index >= 15 is 0 Å². The van der Waals surface area contributed by atoms with Gasteiger partial charge in [0, 0.05) is 0 Å². The first-order chi connectivity index (χ1) is 6.09. The van der Waals surface area contributed by atoms with Gasteiger partial charge >= 0.3 is 0 Å². The Morgan fingerprint density at radius 2 is 2.08 bits per heavy atom. The van der Waals surface area contributed by atoms with Gasteiger partial charge in [-0.15, -0.1) is 0 Å². The van der Waals surface area contributed by atoms with Crippen molar-refractivity contribution >= 4 is 0 Å². The number of aryl methyl sites for hydroxylation is 1. The third-order valence-electron chi connectivity index (χ3n) is 1.45. The van der Waals surface area contributed by atoms with Gasteiger partial charge in [0.2, 0.25) is 0 Å². The molecule has 0 saturated heterocycles. The fourth-order valence-corrected chi connectivity index (χ4v) is 0.876. The molecule has 0 N–H and O–H groups in total. The Labute approximate surface area is 74.1 Å². The van der Waals surface area contributed by atoms with Crippen LogP contribution in [0.15, 0.2) is 18.2 Å². The summed E-state index contributed by atoms with van der Waals surface area (Å²) in [5.41, 5.74) is 0.724. The highest BCUT2D eigenvalue weighted by Crippen LogP contribution is 2.18. The van der Waals surface area contributed by atoms with E-state index in [0.717, 1.165) is 5.56 Å². The molecule has 0 atom stereocenters. The topological polar surface area (TPSA) is 9.23 Å². The maximum atomic E-state index is 12.9. The number of halogens is 3. The second-order valence-corrected chi connectivity index (χ2v) is 2.64. The SMILES string of the molecule is Cc1ccc(OCC(F)F)c(F)c1. The molecule has 0 radical (unpaired) electrons. The van der Waals surface area contributed by atoms with Gasteiger partial charge in [-0.1, -0.05) is 6.07 Å². The minimum atomic E-state index is -2.58. The summed E-state index contributed by atoms with van der Waals surface area (Å²) in [4.78, 5) is 0. The molecule has 1 rings (SSSR count). The summed E-state index contributed by atoms with van der Waals surface area (Å²) in [5, 5.41) is 0. The molecule has 1 aromatic rings. The fraction of sp³-hybridized carbons (Fsp3) is 0.333. The van der Waals surface area contributed by atoms with Crippen LogP contribution in [0.3, 0.4) is 0 Å². The van der Waals surface area contributed by atoms with Crippen molar-refractivity contribution < 1.29 is 17.9 Å². The molecule has 0 aliphatic heterocycles. The van der Waals surface area contributed by atoms with Crippen LogP contribution < -0.4 is 4.74 Å². The lowest BCUT2D eigenvalue weighted by atomic mass is 10.2. The van der Waals surface area contributed by atoms with Crippen molar-refractivity contribution in [2.75, 3.05) is 6.61 Å². The number of hydrogen-bond donors (Lipinski definition) is 0. The summed E-state index contributed by atoms with van der Waals surface area (Å²) in [6, 6.07) is 4.18. The molecule has 0 aromatic heterocycles. The van der Waals surface area contributed by atoms with Crippen molar-refractivity contribution in [3.8, 4) is 5.75 Å². The van der Waals surface area contributed by atoms with E-state index in [2.05, 4.69) is 4.74 Å². The number of ether oxygens (including phenoxy) is 1. The summed E-state index contributed by atoms with van der Waals surface area (Å²) in [6.45, 7) is 0.931. The zero-order valence-corrected chi connectivity index (χ0v) is 7.06. The zero-order chi connectivity index (χ0) is 9.84. The van der Waals surface area contributed by atoms with Crippen LogP contribution in [-0.4, -0.2) is 13.0 Å². The highest BCUT2D eigenvalue weighted by Gasteiger charge is 2.07. The normalized spacial score (nSPS) is 10.5. The molecule has 0 spiro atoms. The van der Waals surface area contributed by atoms with Gasteiger partial charge in [0.05, 0.1) is 0 Å². The molecule has 0 aliphatic rings. The van der Waals surface area contributed by atoms with Crippen LogP contribution in [0.2, 0.25) is 0 Å². The Hall–Kier alpha value is -1.19. The monoisotopic (exact) mass is 190 g/mol. The highest BCUT2D eigenvalue weighted by atomic mass is 19.3. The molecule has 0 amide bonds. The Bertz CT molecular complexity index is 286. The van der Waals surface area contributed by atoms with Gasteiger partial charge in [0.15, 0.2) is 11.6 Å². The van der Waals surface area contributed by atoms with Gasteiger partial charge in [-0.2, -0.15) is 0 Å². The van der Waals surface area contributed by atoms with E-state index in [1.807, 2.05) is 0 Å². The summed E-state index contributed by atoms with van der Waals surface area (Å²) in [7, 11) is 0. The van der Waals surface area contributed by atoms with E-state index in [1.165, 1.54) is 12.1 Å². The van der Waals surface area contributed by atoms with Crippen molar-refractivity contribution in [3.63, 3.8) is 0 Å². The third kappa shape index (κ3) is 2.97. The summed E-state index contributed by atoms with van der Waals surface area (Å²) < 4.78 is 40.8. The lowest BCUT2D eigenvalue weighted by Crippen LogP contribution is -2.07. The number of rotatable bonds is 3. The van der Waals surface area contributed by atoms with Gasteiger partial charge < -0.3 is 4.74 Å². The van der Waals surface area contributed by atoms with Crippen LogP contribution in [-0.2, 0) is 0 Å². The molecule has 0 bridgehead atoms. The Morgan fingerprint density at radius 3 is 2.62 bits per heavy atom. The van der Waals surface area contributed by atoms with Crippen LogP contribution in [0.25, 0.3) is 0 Å². The molecule has 0 heterocycles. The Morgan fingerprint density at radius 1 is 1.38 bits per heavy atom. The molecule has 0 saturated carbocycles. The van der Waals surface area contributed by atoms with Gasteiger partial charge in [-0.3, -0.25) is 0 Å². The fourth-order valence-electron chi connectivity index (χ4n) is 0.876. The average Bonchev–Trinajstić information content (AvgIpc) is 2.02. The minimum Gasteiger partial charge on any atom is -0.485 e. The largest absolute Gasteiger partial charge is 0.485 e. The maximum Gasteiger partial charge on any atom is 0.272 e. The van der Waals surface area contributed by atoms with Crippen molar-refractivity contribution in [1.29, 1.82) is 0 Å². The molecule has 1 aromatic carbocycles. The van der Waals surface area contributed by atoms with Gasteiger partial charge in [0.1, 0.15) is 6.61 Å². The van der Waals surface area contributed by atoms with E-state index in [9.17, 15) is 13.2 Å². The van der Waals surface area contributed by atoms with Gasteiger partial charge in [-0.05, 0) is 24.6 Å². The summed E-state index contributed by atoms with van der Waals surface area (Å²) >= 11 is 0. The molecule has 0 aliphatic carbocycles. The van der Waals surface area contributed by atoms with E-state index in [1.54, 1.807) is 13.0 Å². The van der Waals surface area contributed by atoms with E-state index in [-0.39, 0.29) is 5.75 Å². The number of alkyl halides is 2. The van der Waals surface area contributed by atoms with Crippen molar-refractivity contribution in [1.82, 2.24) is 0 Å². The van der Waals surface area contributed by atoms with Gasteiger partial charge in [0.25, 0.3) is 6.43 Å². The second-order valence-electron chi connectivity index (χ2n) is 2.64. The van der Waals surface area contributed by atoms with Crippen LogP contribution in [0.5, 0.6) is 5.75 Å². The molecule has 0 unspecified atom stereocenters. The van der Waals surface area contributed by atoms with E-state index in [4.69, 9.17) is 0 Å². The first kappa shape index (κ1) is 9.89. The lowest BCUT2D eigenvalue weighted by Gasteiger charge is -2.06. The molecule has 72 valence electrons. The van der Waals surface area contributed by atoms with Crippen LogP contribution in [0.4, 0.5) is 13.2 Å². The molecule has 13 heavy (non-hydrogen) atoms. The summed E-state index contributed by atoms with van der Waals surface area (Å²) in [6.07, 6.45) is -2.58. The first-order valence-electron chi connectivity index (χ1n) is 3.76. The molecular formula is C9H9F3O. The number of benzene rings is 1. The molecular weight excluding hydrogens is 181 g/mol. The van der Waals surface area contributed by atoms with Crippen LogP contribution >= 0.6 is 0 Å². The van der Waals surface area contributed by atoms with Crippen LogP contribution in [0, 0.1) is 12.7 Å². The average molecular weight is 190 g/mol. The van der Waals surface area contributed by atoms with Crippen molar-refractivity contribution in [2.45, 2.75) is 13.3 Å². The highest BCUT2D eigenvalue weighted by molar-refractivity contribution is 5.28. The predicted octanol–water partition coefficient (Wildman–Crippen LogP) is 2.78. The maximum absolute atomic E-state index is 12.9. The van der Waals surface area contributed by atoms with Gasteiger partial charge in [-0.25, -0.2) is 13.2 Å². The third-order valence-corrected chi connectivity index (χ3v) is 1.45. The predicted molar refractivity (Wildman–Crippen MR) is 42.6 cm³/mol. The number of hydrogen-bond acceptors (Lipinski definition) is 1. The zero-order valence-electron chi connectivity index (χ0n) is 7.06. The van der Waals surface area contributed by atoms with Crippen molar-refractivity contribution in [3.05, 3.63) is 29.6 Å². The quantitative estimate of drug-likeness (QED) is 0.712. The van der Waals surface area contributed by atoms with Crippen molar-refractivity contribution in [2.24, 2.45) is 0 Å². The molecule has 0 fully saturated rings. The Kier molecular flexibility index (Phi) is 3.17. The lowest BCUT2D eigenvalue weighted by molar-refractivity contribution is 0.0799. The second kappa shape index (κ2) is 4.16. The van der Waals surface area contributed by atoms with Crippen LogP contribution in [0.1, 0.15) is 5.56 Å². The molecule has 1 nitrogen and oxygen atoms in total. The van der Waals surface area contributed by atoms with E-state index < -0.39 is 18.8 Å². The van der Waals surface area contributed by atoms with E-state index in [0.29, 0.717) is 0 Å². The smallest absolute Gasteiger partial charge is 0.272 e. The minimum absolute atomic E-state index is 0.133. The summed E-state index contributed by atoms with van der Waals surface area (Å²) in [5.74, 6) is -0.744.